The van der Waals surface area contributed by atoms with Gasteiger partial charge in [-0.05, 0) is 24.3 Å². The van der Waals surface area contributed by atoms with Crippen LogP contribution in [-0.2, 0) is 6.54 Å². The Morgan fingerprint density at radius 2 is 2.05 bits per heavy atom. The van der Waals surface area contributed by atoms with Gasteiger partial charge in [0.25, 0.3) is 0 Å². The lowest BCUT2D eigenvalue weighted by atomic mass is 10.1. The van der Waals surface area contributed by atoms with Crippen LogP contribution in [-0.4, -0.2) is 11.1 Å². The average Bonchev–Trinajstić information content (AvgIpc) is 2.89. The summed E-state index contributed by atoms with van der Waals surface area (Å²) in [5, 5.41) is 13.5. The van der Waals surface area contributed by atoms with E-state index in [1.54, 1.807) is 18.4 Å². The lowest BCUT2D eigenvalue weighted by molar-refractivity contribution is 0.0697. The van der Waals surface area contributed by atoms with Gasteiger partial charge in [0.2, 0.25) is 0 Å². The van der Waals surface area contributed by atoms with Crippen LogP contribution in [0.4, 0.5) is 5.69 Å². The van der Waals surface area contributed by atoms with E-state index in [1.165, 1.54) is 6.07 Å². The number of fused-ring (bicyclic) bond motifs is 1. The molecule has 3 rings (SSSR count). The van der Waals surface area contributed by atoms with Crippen molar-refractivity contribution in [2.45, 2.75) is 6.54 Å². The second kappa shape index (κ2) is 5.50. The van der Waals surface area contributed by atoms with E-state index in [-0.39, 0.29) is 10.6 Å². The maximum atomic E-state index is 11.1. The van der Waals surface area contributed by atoms with Gasteiger partial charge in [-0.25, -0.2) is 4.79 Å². The molecule has 4 nitrogen and oxygen atoms in total. The predicted molar refractivity (Wildman–Crippen MR) is 82.0 cm³/mol. The molecule has 21 heavy (non-hydrogen) atoms. The van der Waals surface area contributed by atoms with Crippen LogP contribution in [0.1, 0.15) is 15.9 Å². The topological polar surface area (TPSA) is 62.5 Å². The van der Waals surface area contributed by atoms with Gasteiger partial charge in [-0.15, -0.1) is 0 Å². The molecule has 1 heterocycles. The Balaban J connectivity index is 1.82. The summed E-state index contributed by atoms with van der Waals surface area (Å²) in [6, 6.07) is 12.6. The number of para-hydroxylation sites is 1. The first kappa shape index (κ1) is 13.5. The zero-order valence-corrected chi connectivity index (χ0v) is 11.7. The summed E-state index contributed by atoms with van der Waals surface area (Å²) in [6.45, 7) is 0.539. The van der Waals surface area contributed by atoms with Crippen LogP contribution >= 0.6 is 11.6 Å². The van der Waals surface area contributed by atoms with Crippen molar-refractivity contribution in [2.24, 2.45) is 0 Å². The number of hydrogen-bond acceptors (Lipinski definition) is 3. The minimum atomic E-state index is -1.04. The number of anilines is 1. The van der Waals surface area contributed by atoms with Crippen LogP contribution in [0.15, 0.2) is 53.1 Å². The molecule has 3 aromatic rings. The Morgan fingerprint density at radius 1 is 1.24 bits per heavy atom. The molecule has 0 fully saturated rings. The Labute approximate surface area is 126 Å². The number of furan rings is 1. The molecule has 1 aromatic heterocycles. The van der Waals surface area contributed by atoms with Gasteiger partial charge in [0.1, 0.15) is 5.58 Å². The maximum Gasteiger partial charge on any atom is 0.337 e. The highest BCUT2D eigenvalue weighted by Gasteiger charge is 2.10. The van der Waals surface area contributed by atoms with Crippen LogP contribution in [0.25, 0.3) is 11.0 Å². The van der Waals surface area contributed by atoms with Gasteiger partial charge < -0.3 is 14.8 Å². The highest BCUT2D eigenvalue weighted by molar-refractivity contribution is 6.33. The molecule has 2 aromatic carbocycles. The number of nitrogens with one attached hydrogen (secondary N) is 1. The minimum Gasteiger partial charge on any atom is -0.478 e. The molecular formula is C16H12ClNO3. The molecular weight excluding hydrogens is 290 g/mol. The lowest BCUT2D eigenvalue weighted by Crippen LogP contribution is -2.02. The maximum absolute atomic E-state index is 11.1. The summed E-state index contributed by atoms with van der Waals surface area (Å²) in [5.74, 6) is -1.04. The summed E-state index contributed by atoms with van der Waals surface area (Å²) in [5.41, 5.74) is 2.62. The zero-order valence-electron chi connectivity index (χ0n) is 11.0. The standard InChI is InChI=1S/C16H12ClNO3/c17-14-6-5-11(7-13(14)16(19)20)18-8-10-9-21-15-4-2-1-3-12(10)15/h1-7,9,18H,8H2,(H,19,20). The molecule has 0 bridgehead atoms. The van der Waals surface area contributed by atoms with E-state index in [4.69, 9.17) is 21.1 Å². The highest BCUT2D eigenvalue weighted by Crippen LogP contribution is 2.24. The molecule has 0 aliphatic heterocycles. The fourth-order valence-electron chi connectivity index (χ4n) is 2.17. The number of rotatable bonds is 4. The first-order valence-corrected chi connectivity index (χ1v) is 6.75. The molecule has 0 amide bonds. The van der Waals surface area contributed by atoms with Crippen molar-refractivity contribution in [3.8, 4) is 0 Å². The summed E-state index contributed by atoms with van der Waals surface area (Å²) in [7, 11) is 0. The smallest absolute Gasteiger partial charge is 0.337 e. The molecule has 0 saturated carbocycles. The third-order valence-electron chi connectivity index (χ3n) is 3.24. The molecule has 0 unspecified atom stereocenters. The van der Waals surface area contributed by atoms with Crippen LogP contribution in [0, 0.1) is 0 Å². The van der Waals surface area contributed by atoms with Crippen molar-refractivity contribution in [3.63, 3.8) is 0 Å². The predicted octanol–water partition coefficient (Wildman–Crippen LogP) is 4.40. The fraction of sp³-hybridized carbons (Fsp3) is 0.0625. The number of hydrogen-bond donors (Lipinski definition) is 2. The van der Waals surface area contributed by atoms with Gasteiger partial charge in [0, 0.05) is 23.2 Å². The molecule has 106 valence electrons. The average molecular weight is 302 g/mol. The molecule has 5 heteroatoms. The number of benzene rings is 2. The van der Waals surface area contributed by atoms with E-state index in [2.05, 4.69) is 5.32 Å². The minimum absolute atomic E-state index is 0.0821. The van der Waals surface area contributed by atoms with E-state index in [0.29, 0.717) is 12.2 Å². The van der Waals surface area contributed by atoms with E-state index in [1.807, 2.05) is 24.3 Å². The lowest BCUT2D eigenvalue weighted by Gasteiger charge is -2.07. The van der Waals surface area contributed by atoms with Crippen molar-refractivity contribution in [1.82, 2.24) is 0 Å². The number of aromatic carboxylic acids is 1. The van der Waals surface area contributed by atoms with Crippen LogP contribution in [0.2, 0.25) is 5.02 Å². The van der Waals surface area contributed by atoms with Gasteiger partial charge in [-0.2, -0.15) is 0 Å². The van der Waals surface area contributed by atoms with Gasteiger partial charge in [0.15, 0.2) is 0 Å². The monoisotopic (exact) mass is 301 g/mol. The van der Waals surface area contributed by atoms with E-state index >= 15 is 0 Å². The Morgan fingerprint density at radius 3 is 2.86 bits per heavy atom. The summed E-state index contributed by atoms with van der Waals surface area (Å²) >= 11 is 5.85. The molecule has 0 radical (unpaired) electrons. The van der Waals surface area contributed by atoms with Crippen molar-refractivity contribution in [3.05, 3.63) is 64.9 Å². The largest absolute Gasteiger partial charge is 0.478 e. The molecule has 0 aliphatic carbocycles. The van der Waals surface area contributed by atoms with Crippen molar-refractivity contribution < 1.29 is 14.3 Å². The van der Waals surface area contributed by atoms with Crippen molar-refractivity contribution >= 4 is 34.2 Å². The molecule has 0 aliphatic rings. The SMILES string of the molecule is O=C(O)c1cc(NCc2coc3ccccc23)ccc1Cl. The van der Waals surface area contributed by atoms with Crippen molar-refractivity contribution in [2.75, 3.05) is 5.32 Å². The Kier molecular flexibility index (Phi) is 3.54. The molecule has 2 N–H and O–H groups in total. The normalized spacial score (nSPS) is 10.7. The third-order valence-corrected chi connectivity index (χ3v) is 3.57. The number of halogens is 1. The summed E-state index contributed by atoms with van der Waals surface area (Å²) in [6.07, 6.45) is 1.70. The second-order valence-corrected chi connectivity index (χ2v) is 5.02. The first-order valence-electron chi connectivity index (χ1n) is 6.37. The Bertz CT molecular complexity index is 810. The van der Waals surface area contributed by atoms with Crippen LogP contribution < -0.4 is 5.32 Å². The molecule has 0 saturated heterocycles. The quantitative estimate of drug-likeness (QED) is 0.750. The van der Waals surface area contributed by atoms with Crippen LogP contribution in [0.3, 0.4) is 0 Å². The number of carboxylic acid groups (broad SMARTS) is 1. The summed E-state index contributed by atoms with van der Waals surface area (Å²) < 4.78 is 5.46. The third kappa shape index (κ3) is 2.71. The van der Waals surface area contributed by atoms with Crippen LogP contribution in [0.5, 0.6) is 0 Å². The Hall–Kier alpha value is -2.46. The van der Waals surface area contributed by atoms with Gasteiger partial charge >= 0.3 is 5.97 Å². The van der Waals surface area contributed by atoms with Gasteiger partial charge in [0.05, 0.1) is 16.8 Å². The first-order chi connectivity index (χ1) is 10.1. The van der Waals surface area contributed by atoms with E-state index in [9.17, 15) is 4.79 Å². The number of carboxylic acids is 1. The van der Waals surface area contributed by atoms with Crippen molar-refractivity contribution in [1.29, 1.82) is 0 Å². The van der Waals surface area contributed by atoms with E-state index in [0.717, 1.165) is 16.5 Å². The zero-order chi connectivity index (χ0) is 14.8. The molecule has 0 atom stereocenters. The van der Waals surface area contributed by atoms with Gasteiger partial charge in [-0.3, -0.25) is 0 Å². The highest BCUT2D eigenvalue weighted by atomic mass is 35.5. The molecule has 0 spiro atoms. The second-order valence-electron chi connectivity index (χ2n) is 4.61. The number of carbonyl (C=O) groups is 1. The summed E-state index contributed by atoms with van der Waals surface area (Å²) in [4.78, 5) is 11.1. The fourth-order valence-corrected chi connectivity index (χ4v) is 2.36. The van der Waals surface area contributed by atoms with Gasteiger partial charge in [-0.1, -0.05) is 29.8 Å². The van der Waals surface area contributed by atoms with E-state index < -0.39 is 5.97 Å².